The van der Waals surface area contributed by atoms with Crippen molar-refractivity contribution in [2.45, 2.75) is 18.9 Å². The average molecular weight is 282 g/mol. The molecule has 0 radical (unpaired) electrons. The van der Waals surface area contributed by atoms with Gasteiger partial charge in [-0.15, -0.1) is 0 Å². The van der Waals surface area contributed by atoms with Crippen molar-refractivity contribution in [3.63, 3.8) is 0 Å². The first kappa shape index (κ1) is 13.8. The van der Waals surface area contributed by atoms with Crippen LogP contribution in [0, 0.1) is 0 Å². The maximum Gasteiger partial charge on any atom is 0.163 e. The molecule has 1 fully saturated rings. The lowest BCUT2D eigenvalue weighted by Gasteiger charge is -2.05. The third-order valence-electron chi connectivity index (χ3n) is 3.50. The van der Waals surface area contributed by atoms with Gasteiger partial charge in [0.2, 0.25) is 0 Å². The van der Waals surface area contributed by atoms with Crippen molar-refractivity contribution in [1.29, 1.82) is 0 Å². The van der Waals surface area contributed by atoms with Crippen LogP contribution in [0.15, 0.2) is 54.6 Å². The van der Waals surface area contributed by atoms with E-state index in [1.165, 1.54) is 5.56 Å². The molecule has 1 aliphatic rings. The zero-order valence-electron chi connectivity index (χ0n) is 11.8. The first-order chi connectivity index (χ1) is 10.3. The highest BCUT2D eigenvalue weighted by Crippen LogP contribution is 2.17. The lowest BCUT2D eigenvalue weighted by atomic mass is 10.0. The van der Waals surface area contributed by atoms with Crippen LogP contribution in [0.3, 0.4) is 0 Å². The number of epoxide rings is 1. The normalized spacial score (nSPS) is 16.5. The van der Waals surface area contributed by atoms with Crippen molar-refractivity contribution in [2.24, 2.45) is 0 Å². The standard InChI is InChI=1S/C18H18O3/c19-18(11-6-14-4-2-1-3-5-14)15-7-9-16(10-8-15)20-12-17-13-21-17/h1-5,7-10,17H,6,11-13H2/t17-/m1/s1. The molecule has 1 saturated heterocycles. The highest BCUT2D eigenvalue weighted by atomic mass is 16.6. The summed E-state index contributed by atoms with van der Waals surface area (Å²) in [4.78, 5) is 12.1. The van der Waals surface area contributed by atoms with E-state index < -0.39 is 0 Å². The van der Waals surface area contributed by atoms with Crippen LogP contribution in [0.5, 0.6) is 5.75 Å². The van der Waals surface area contributed by atoms with Crippen LogP contribution in [0.2, 0.25) is 0 Å². The minimum absolute atomic E-state index is 0.163. The molecular weight excluding hydrogens is 264 g/mol. The van der Waals surface area contributed by atoms with E-state index in [-0.39, 0.29) is 11.9 Å². The zero-order valence-corrected chi connectivity index (χ0v) is 11.8. The number of Topliss-reactive ketones (excluding diaryl/α,β-unsaturated/α-hetero) is 1. The first-order valence-corrected chi connectivity index (χ1v) is 7.23. The largest absolute Gasteiger partial charge is 0.491 e. The van der Waals surface area contributed by atoms with Gasteiger partial charge >= 0.3 is 0 Å². The molecule has 0 saturated carbocycles. The molecule has 0 spiro atoms. The van der Waals surface area contributed by atoms with Crippen LogP contribution in [0.1, 0.15) is 22.3 Å². The number of aryl methyl sites for hydroxylation is 1. The first-order valence-electron chi connectivity index (χ1n) is 7.23. The summed E-state index contributed by atoms with van der Waals surface area (Å²) in [6, 6.07) is 17.4. The Labute approximate surface area is 124 Å². The van der Waals surface area contributed by atoms with Crippen molar-refractivity contribution >= 4 is 5.78 Å². The van der Waals surface area contributed by atoms with Crippen molar-refractivity contribution in [1.82, 2.24) is 0 Å². The lowest BCUT2D eigenvalue weighted by Crippen LogP contribution is -2.05. The molecule has 0 N–H and O–H groups in total. The third-order valence-corrected chi connectivity index (χ3v) is 3.50. The maximum absolute atomic E-state index is 12.1. The van der Waals surface area contributed by atoms with Crippen LogP contribution in [-0.4, -0.2) is 25.1 Å². The van der Waals surface area contributed by atoms with Crippen LogP contribution >= 0.6 is 0 Å². The quantitative estimate of drug-likeness (QED) is 0.578. The number of hydrogen-bond donors (Lipinski definition) is 0. The van der Waals surface area contributed by atoms with Gasteiger partial charge in [0.15, 0.2) is 5.78 Å². The molecule has 0 aliphatic carbocycles. The molecular formula is C18H18O3. The number of carbonyl (C=O) groups is 1. The van der Waals surface area contributed by atoms with E-state index in [2.05, 4.69) is 0 Å². The Hall–Kier alpha value is -2.13. The van der Waals surface area contributed by atoms with Crippen LogP contribution in [0.4, 0.5) is 0 Å². The molecule has 1 atom stereocenters. The number of carbonyl (C=O) groups excluding carboxylic acids is 1. The summed E-state index contributed by atoms with van der Waals surface area (Å²) in [5.41, 5.74) is 1.93. The SMILES string of the molecule is O=C(CCc1ccccc1)c1ccc(OC[C@@H]2CO2)cc1. The molecule has 3 heteroatoms. The average Bonchev–Trinajstić information content (AvgIpc) is 3.36. The number of ether oxygens (including phenoxy) is 2. The second-order valence-electron chi connectivity index (χ2n) is 5.20. The highest BCUT2D eigenvalue weighted by Gasteiger charge is 2.23. The Kier molecular flexibility index (Phi) is 4.31. The van der Waals surface area contributed by atoms with E-state index in [0.29, 0.717) is 13.0 Å². The van der Waals surface area contributed by atoms with Crippen molar-refractivity contribution in [2.75, 3.05) is 13.2 Å². The van der Waals surface area contributed by atoms with Gasteiger partial charge in [0.25, 0.3) is 0 Å². The number of ketones is 1. The minimum atomic E-state index is 0.163. The van der Waals surface area contributed by atoms with E-state index in [1.807, 2.05) is 54.6 Å². The Morgan fingerprint density at radius 1 is 1.10 bits per heavy atom. The van der Waals surface area contributed by atoms with Gasteiger partial charge in [-0.05, 0) is 36.2 Å². The van der Waals surface area contributed by atoms with Gasteiger partial charge in [0.1, 0.15) is 18.5 Å². The van der Waals surface area contributed by atoms with E-state index in [4.69, 9.17) is 9.47 Å². The van der Waals surface area contributed by atoms with E-state index >= 15 is 0 Å². The summed E-state index contributed by atoms with van der Waals surface area (Å²) in [6.07, 6.45) is 1.55. The van der Waals surface area contributed by atoms with E-state index in [1.54, 1.807) is 0 Å². The Balaban J connectivity index is 1.51. The maximum atomic E-state index is 12.1. The molecule has 1 heterocycles. The van der Waals surface area contributed by atoms with Crippen LogP contribution < -0.4 is 4.74 Å². The molecule has 1 aliphatic heterocycles. The number of hydrogen-bond acceptors (Lipinski definition) is 3. The van der Waals surface area contributed by atoms with E-state index in [9.17, 15) is 4.79 Å². The van der Waals surface area contributed by atoms with Gasteiger partial charge in [-0.1, -0.05) is 30.3 Å². The lowest BCUT2D eigenvalue weighted by molar-refractivity contribution is 0.0983. The molecule has 2 aromatic rings. The van der Waals surface area contributed by atoms with Crippen molar-refractivity contribution < 1.29 is 14.3 Å². The van der Waals surface area contributed by atoms with Gasteiger partial charge in [-0.2, -0.15) is 0 Å². The Morgan fingerprint density at radius 2 is 1.81 bits per heavy atom. The molecule has 3 rings (SSSR count). The fraction of sp³-hybridized carbons (Fsp3) is 0.278. The monoisotopic (exact) mass is 282 g/mol. The molecule has 21 heavy (non-hydrogen) atoms. The minimum Gasteiger partial charge on any atom is -0.491 e. The molecule has 0 unspecified atom stereocenters. The number of benzene rings is 2. The van der Waals surface area contributed by atoms with Gasteiger partial charge in [-0.3, -0.25) is 4.79 Å². The predicted molar refractivity (Wildman–Crippen MR) is 80.8 cm³/mol. The molecule has 3 nitrogen and oxygen atoms in total. The summed E-state index contributed by atoms with van der Waals surface area (Å²) in [5, 5.41) is 0. The zero-order chi connectivity index (χ0) is 14.5. The smallest absolute Gasteiger partial charge is 0.163 e. The molecule has 0 aromatic heterocycles. The topological polar surface area (TPSA) is 38.8 Å². The summed E-state index contributed by atoms with van der Waals surface area (Å²) < 4.78 is 10.6. The molecule has 2 aromatic carbocycles. The molecule has 0 amide bonds. The van der Waals surface area contributed by atoms with Gasteiger partial charge in [-0.25, -0.2) is 0 Å². The fourth-order valence-electron chi connectivity index (χ4n) is 2.14. The Bertz CT molecular complexity index is 586. The van der Waals surface area contributed by atoms with Crippen molar-refractivity contribution in [3.05, 3.63) is 65.7 Å². The Morgan fingerprint density at radius 3 is 2.48 bits per heavy atom. The second kappa shape index (κ2) is 6.55. The third kappa shape index (κ3) is 4.17. The van der Waals surface area contributed by atoms with E-state index in [0.717, 1.165) is 24.3 Å². The highest BCUT2D eigenvalue weighted by molar-refractivity contribution is 5.96. The summed E-state index contributed by atoms with van der Waals surface area (Å²) in [6.45, 7) is 1.37. The van der Waals surface area contributed by atoms with Gasteiger partial charge in [0.05, 0.1) is 6.61 Å². The van der Waals surface area contributed by atoms with Crippen molar-refractivity contribution in [3.8, 4) is 5.75 Å². The molecule has 0 bridgehead atoms. The fourth-order valence-corrected chi connectivity index (χ4v) is 2.14. The van der Waals surface area contributed by atoms with Crippen LogP contribution in [0.25, 0.3) is 0 Å². The van der Waals surface area contributed by atoms with Gasteiger partial charge < -0.3 is 9.47 Å². The van der Waals surface area contributed by atoms with Gasteiger partial charge in [0, 0.05) is 12.0 Å². The summed E-state index contributed by atoms with van der Waals surface area (Å²) in [5.74, 6) is 0.945. The summed E-state index contributed by atoms with van der Waals surface area (Å²) in [7, 11) is 0. The molecule has 108 valence electrons. The summed E-state index contributed by atoms with van der Waals surface area (Å²) >= 11 is 0. The second-order valence-corrected chi connectivity index (χ2v) is 5.20. The number of rotatable bonds is 7. The predicted octanol–water partition coefficient (Wildman–Crippen LogP) is 3.28. The van der Waals surface area contributed by atoms with Crippen LogP contribution in [-0.2, 0) is 11.2 Å².